The number of hydrogen-bond acceptors (Lipinski definition) is 3. The molecule has 0 aliphatic carbocycles. The van der Waals surface area contributed by atoms with Crippen molar-refractivity contribution < 1.29 is 31.9 Å². The summed E-state index contributed by atoms with van der Waals surface area (Å²) in [6.07, 6.45) is 0. The summed E-state index contributed by atoms with van der Waals surface area (Å²) in [5.74, 6) is -9.09. The first-order chi connectivity index (χ1) is 8.93. The molecular formula is C12H2F4O3. The van der Waals surface area contributed by atoms with Crippen LogP contribution in [0.15, 0.2) is 12.1 Å². The van der Waals surface area contributed by atoms with Crippen LogP contribution in [-0.2, 0) is 4.74 Å². The minimum absolute atomic E-state index is 0.413. The van der Waals surface area contributed by atoms with E-state index in [0.717, 1.165) is 6.07 Å². The highest BCUT2D eigenvalue weighted by molar-refractivity contribution is 6.21. The van der Waals surface area contributed by atoms with Crippen LogP contribution in [-0.4, -0.2) is 11.9 Å². The second-order valence-electron chi connectivity index (χ2n) is 3.84. The maximum absolute atomic E-state index is 13.7. The molecule has 2 aromatic rings. The molecule has 0 saturated heterocycles. The van der Waals surface area contributed by atoms with Crippen molar-refractivity contribution in [3.05, 3.63) is 46.5 Å². The fraction of sp³-hybridized carbons (Fsp3) is 0. The Kier molecular flexibility index (Phi) is 2.16. The van der Waals surface area contributed by atoms with E-state index in [1.54, 1.807) is 0 Å². The van der Waals surface area contributed by atoms with Crippen LogP contribution in [0.3, 0.4) is 0 Å². The predicted molar refractivity (Wildman–Crippen MR) is 53.5 cm³/mol. The van der Waals surface area contributed by atoms with Gasteiger partial charge in [-0.1, -0.05) is 6.07 Å². The number of halogens is 4. The Morgan fingerprint density at radius 3 is 2.11 bits per heavy atom. The molecule has 0 spiro atoms. The first-order valence-corrected chi connectivity index (χ1v) is 4.98. The Balaban J connectivity index is 2.62. The van der Waals surface area contributed by atoms with E-state index in [2.05, 4.69) is 4.74 Å². The fourth-order valence-corrected chi connectivity index (χ4v) is 2.03. The van der Waals surface area contributed by atoms with Gasteiger partial charge in [0.25, 0.3) is 0 Å². The van der Waals surface area contributed by atoms with E-state index in [4.69, 9.17) is 0 Å². The number of ether oxygens (including phenoxy) is 1. The van der Waals surface area contributed by atoms with Crippen molar-refractivity contribution in [3.63, 3.8) is 0 Å². The minimum Gasteiger partial charge on any atom is -0.386 e. The van der Waals surface area contributed by atoms with Crippen LogP contribution >= 0.6 is 0 Å². The molecular weight excluding hydrogens is 268 g/mol. The summed E-state index contributed by atoms with van der Waals surface area (Å²) in [6, 6.07) is 1.53. The third-order valence-electron chi connectivity index (χ3n) is 2.84. The summed E-state index contributed by atoms with van der Waals surface area (Å²) in [5.41, 5.74) is -1.50. The van der Waals surface area contributed by atoms with Gasteiger partial charge in [-0.25, -0.2) is 27.2 Å². The van der Waals surface area contributed by atoms with Crippen LogP contribution < -0.4 is 0 Å². The van der Waals surface area contributed by atoms with Crippen molar-refractivity contribution in [2.24, 2.45) is 0 Å². The van der Waals surface area contributed by atoms with Crippen molar-refractivity contribution >= 4 is 22.7 Å². The van der Waals surface area contributed by atoms with E-state index in [9.17, 15) is 27.2 Å². The molecule has 0 fully saturated rings. The van der Waals surface area contributed by atoms with Crippen LogP contribution in [0, 0.1) is 23.3 Å². The lowest BCUT2D eigenvalue weighted by Crippen LogP contribution is -2.04. The number of esters is 2. The van der Waals surface area contributed by atoms with Gasteiger partial charge in [0.05, 0.1) is 10.9 Å². The van der Waals surface area contributed by atoms with E-state index >= 15 is 0 Å². The zero-order chi connectivity index (χ0) is 13.9. The Labute approximate surface area is 102 Å². The summed E-state index contributed by atoms with van der Waals surface area (Å²) in [5, 5.41) is -1.44. The van der Waals surface area contributed by atoms with Gasteiger partial charge in [-0.3, -0.25) is 0 Å². The summed E-state index contributed by atoms with van der Waals surface area (Å²) in [4.78, 5) is 22.6. The molecule has 96 valence electrons. The Bertz CT molecular complexity index is 783. The zero-order valence-corrected chi connectivity index (χ0v) is 8.89. The smallest absolute Gasteiger partial charge is 0.350 e. The molecule has 19 heavy (non-hydrogen) atoms. The highest BCUT2D eigenvalue weighted by Crippen LogP contribution is 2.35. The van der Waals surface area contributed by atoms with Crippen molar-refractivity contribution in [3.8, 4) is 0 Å². The van der Waals surface area contributed by atoms with E-state index in [0.29, 0.717) is 6.07 Å². The molecule has 1 heterocycles. The first kappa shape index (κ1) is 11.6. The lowest BCUT2D eigenvalue weighted by Gasteiger charge is -2.06. The highest BCUT2D eigenvalue weighted by atomic mass is 19.2. The van der Waals surface area contributed by atoms with Gasteiger partial charge in [-0.15, -0.1) is 0 Å². The largest absolute Gasteiger partial charge is 0.386 e. The van der Waals surface area contributed by atoms with Crippen LogP contribution in [0.25, 0.3) is 10.8 Å². The molecule has 0 bridgehead atoms. The summed E-state index contributed by atoms with van der Waals surface area (Å²) in [6.45, 7) is 0. The average molecular weight is 270 g/mol. The maximum Gasteiger partial charge on any atom is 0.350 e. The molecule has 0 unspecified atom stereocenters. The quantitative estimate of drug-likeness (QED) is 0.420. The average Bonchev–Trinajstić information content (AvgIpc) is 2.65. The normalized spacial score (nSPS) is 13.9. The first-order valence-electron chi connectivity index (χ1n) is 4.98. The minimum atomic E-state index is -1.74. The number of benzene rings is 2. The Morgan fingerprint density at radius 2 is 1.42 bits per heavy atom. The lowest BCUT2D eigenvalue weighted by atomic mass is 9.98. The van der Waals surface area contributed by atoms with Gasteiger partial charge >= 0.3 is 11.9 Å². The van der Waals surface area contributed by atoms with Gasteiger partial charge in [0.15, 0.2) is 23.3 Å². The molecule has 7 heteroatoms. The van der Waals surface area contributed by atoms with E-state index in [-0.39, 0.29) is 0 Å². The molecule has 2 aromatic carbocycles. The zero-order valence-electron chi connectivity index (χ0n) is 8.89. The molecule has 1 aliphatic heterocycles. The topological polar surface area (TPSA) is 43.4 Å². The van der Waals surface area contributed by atoms with Crippen LogP contribution in [0.5, 0.6) is 0 Å². The maximum atomic E-state index is 13.7. The van der Waals surface area contributed by atoms with Gasteiger partial charge in [0, 0.05) is 5.39 Å². The molecule has 3 rings (SSSR count). The standard InChI is InChI=1S/C12H2F4O3/c13-4-2-1-3-5-7(12(18)19-11(5)17)10(16)9(15)6(3)8(4)14/h1-2H. The fourth-order valence-electron chi connectivity index (χ4n) is 2.03. The Morgan fingerprint density at radius 1 is 0.789 bits per heavy atom. The number of fused-ring (bicyclic) bond motifs is 3. The summed E-state index contributed by atoms with van der Waals surface area (Å²) >= 11 is 0. The summed E-state index contributed by atoms with van der Waals surface area (Å²) in [7, 11) is 0. The highest BCUT2D eigenvalue weighted by Gasteiger charge is 2.38. The third-order valence-corrected chi connectivity index (χ3v) is 2.84. The molecule has 0 atom stereocenters. The number of hydrogen-bond donors (Lipinski definition) is 0. The molecule has 0 saturated carbocycles. The molecule has 0 aromatic heterocycles. The summed E-state index contributed by atoms with van der Waals surface area (Å²) < 4.78 is 58.0. The van der Waals surface area contributed by atoms with Gasteiger partial charge in [0.1, 0.15) is 5.56 Å². The van der Waals surface area contributed by atoms with Crippen molar-refractivity contribution in [2.75, 3.05) is 0 Å². The molecule has 3 nitrogen and oxygen atoms in total. The van der Waals surface area contributed by atoms with Gasteiger partial charge in [-0.05, 0) is 6.07 Å². The lowest BCUT2D eigenvalue weighted by molar-refractivity contribution is 0.0442. The number of rotatable bonds is 0. The van der Waals surface area contributed by atoms with Gasteiger partial charge < -0.3 is 4.74 Å². The van der Waals surface area contributed by atoms with Crippen molar-refractivity contribution in [1.82, 2.24) is 0 Å². The third kappa shape index (κ3) is 1.32. The van der Waals surface area contributed by atoms with Gasteiger partial charge in [0.2, 0.25) is 0 Å². The second kappa shape index (κ2) is 3.53. The van der Waals surface area contributed by atoms with Crippen LogP contribution in [0.2, 0.25) is 0 Å². The van der Waals surface area contributed by atoms with E-state index < -0.39 is 57.1 Å². The van der Waals surface area contributed by atoms with Crippen LogP contribution in [0.1, 0.15) is 20.7 Å². The Hall–Kier alpha value is -2.44. The molecule has 0 N–H and O–H groups in total. The van der Waals surface area contributed by atoms with Crippen LogP contribution in [0.4, 0.5) is 17.6 Å². The molecule has 0 amide bonds. The number of cyclic esters (lactones) is 2. The predicted octanol–water partition coefficient (Wildman–Crippen LogP) is 2.71. The monoisotopic (exact) mass is 270 g/mol. The second-order valence-corrected chi connectivity index (χ2v) is 3.84. The number of carbonyl (C=O) groups excluding carboxylic acids is 2. The van der Waals surface area contributed by atoms with E-state index in [1.807, 2.05) is 0 Å². The number of carbonyl (C=O) groups is 2. The van der Waals surface area contributed by atoms with Crippen molar-refractivity contribution in [1.29, 1.82) is 0 Å². The molecule has 0 radical (unpaired) electrons. The van der Waals surface area contributed by atoms with Crippen molar-refractivity contribution in [2.45, 2.75) is 0 Å². The van der Waals surface area contributed by atoms with E-state index in [1.165, 1.54) is 0 Å². The SMILES string of the molecule is O=C1OC(=O)c2c1c(F)c(F)c1c(F)c(F)ccc21. The molecule has 1 aliphatic rings. The van der Waals surface area contributed by atoms with Gasteiger partial charge in [-0.2, -0.15) is 0 Å².